The SMILES string of the molecule is C#CCOCCOCCNC(=O)CCOCCN(CCOCCC(=O)NCCOCCOCC#C)CCOCCC(=O)NCCOCCOCC#C. The third-order valence-electron chi connectivity index (χ3n) is 6.45. The minimum atomic E-state index is -0.129. The number of hydrogen-bond acceptors (Lipinski definition) is 13. The number of ether oxygens (including phenoxy) is 9. The van der Waals surface area contributed by atoms with Crippen molar-refractivity contribution in [1.82, 2.24) is 20.9 Å². The van der Waals surface area contributed by atoms with Gasteiger partial charge in [0.15, 0.2) is 0 Å². The maximum absolute atomic E-state index is 12.1. The zero-order valence-electron chi connectivity index (χ0n) is 30.7. The van der Waals surface area contributed by atoms with Crippen molar-refractivity contribution in [2.24, 2.45) is 0 Å². The molecular weight excluding hydrogens is 680 g/mol. The van der Waals surface area contributed by atoms with Crippen LogP contribution in [0.15, 0.2) is 0 Å². The largest absolute Gasteiger partial charge is 0.380 e. The predicted molar refractivity (Wildman–Crippen MR) is 193 cm³/mol. The second kappa shape index (κ2) is 40.5. The van der Waals surface area contributed by atoms with E-state index in [9.17, 15) is 14.4 Å². The lowest BCUT2D eigenvalue weighted by molar-refractivity contribution is -0.123. The Kier molecular flexibility index (Phi) is 37.9. The van der Waals surface area contributed by atoms with Crippen molar-refractivity contribution in [3.8, 4) is 37.0 Å². The molecular formula is C36H60N4O12. The maximum Gasteiger partial charge on any atom is 0.222 e. The lowest BCUT2D eigenvalue weighted by Gasteiger charge is -2.22. The smallest absolute Gasteiger partial charge is 0.222 e. The summed E-state index contributed by atoms with van der Waals surface area (Å²) >= 11 is 0. The van der Waals surface area contributed by atoms with E-state index in [1.54, 1.807) is 0 Å². The van der Waals surface area contributed by atoms with Crippen LogP contribution in [0.2, 0.25) is 0 Å². The van der Waals surface area contributed by atoms with Crippen molar-refractivity contribution in [2.75, 3.05) is 158 Å². The second-order valence-corrected chi connectivity index (χ2v) is 10.6. The summed E-state index contributed by atoms with van der Waals surface area (Å²) in [6.07, 6.45) is 16.0. The molecule has 3 amide bonds. The summed E-state index contributed by atoms with van der Waals surface area (Å²) in [4.78, 5) is 38.3. The van der Waals surface area contributed by atoms with Gasteiger partial charge in [-0.25, -0.2) is 0 Å². The number of rotatable bonds is 39. The van der Waals surface area contributed by atoms with Crippen LogP contribution in [0, 0.1) is 37.0 Å². The Hall–Kier alpha value is -3.31. The molecule has 0 unspecified atom stereocenters. The fourth-order valence-corrected chi connectivity index (χ4v) is 3.82. The first-order valence-electron chi connectivity index (χ1n) is 17.6. The highest BCUT2D eigenvalue weighted by Gasteiger charge is 2.08. The monoisotopic (exact) mass is 740 g/mol. The molecule has 0 rings (SSSR count). The van der Waals surface area contributed by atoms with Crippen molar-refractivity contribution in [1.29, 1.82) is 0 Å². The van der Waals surface area contributed by atoms with E-state index in [0.717, 1.165) is 0 Å². The average Bonchev–Trinajstić information content (AvgIpc) is 3.14. The van der Waals surface area contributed by atoms with Crippen LogP contribution in [0.5, 0.6) is 0 Å². The average molecular weight is 741 g/mol. The minimum absolute atomic E-state index is 0.129. The number of hydrogen-bond donors (Lipinski definition) is 3. The van der Waals surface area contributed by atoms with Gasteiger partial charge in [0, 0.05) is 58.5 Å². The van der Waals surface area contributed by atoms with Gasteiger partial charge in [0.1, 0.15) is 19.8 Å². The highest BCUT2D eigenvalue weighted by Crippen LogP contribution is 1.95. The Labute approximate surface area is 309 Å². The topological polar surface area (TPSA) is 174 Å². The number of amides is 3. The third kappa shape index (κ3) is 37.9. The van der Waals surface area contributed by atoms with Crippen molar-refractivity contribution < 1.29 is 57.0 Å². The van der Waals surface area contributed by atoms with Gasteiger partial charge in [-0.05, 0) is 0 Å². The Bertz CT molecular complexity index is 876. The van der Waals surface area contributed by atoms with Gasteiger partial charge in [0.2, 0.25) is 17.7 Å². The van der Waals surface area contributed by atoms with E-state index in [1.807, 2.05) is 0 Å². The predicted octanol–water partition coefficient (Wildman–Crippen LogP) is -1.14. The Morgan fingerprint density at radius 2 is 0.654 bits per heavy atom. The van der Waals surface area contributed by atoms with Crippen LogP contribution >= 0.6 is 0 Å². The molecule has 0 aliphatic carbocycles. The number of terminal acetylenes is 3. The number of carbonyl (C=O) groups excluding carboxylic acids is 3. The maximum atomic E-state index is 12.1. The van der Waals surface area contributed by atoms with Crippen LogP contribution in [0.1, 0.15) is 19.3 Å². The first kappa shape index (κ1) is 48.7. The molecule has 16 nitrogen and oxygen atoms in total. The van der Waals surface area contributed by atoms with E-state index in [0.29, 0.717) is 119 Å². The van der Waals surface area contributed by atoms with Gasteiger partial charge in [-0.3, -0.25) is 19.3 Å². The van der Waals surface area contributed by atoms with E-state index in [2.05, 4.69) is 38.6 Å². The number of carbonyl (C=O) groups is 3. The Balaban J connectivity index is 4.25. The molecule has 0 heterocycles. The molecule has 0 aromatic rings. The summed E-state index contributed by atoms with van der Waals surface area (Å²) in [7, 11) is 0. The Morgan fingerprint density at radius 3 is 0.942 bits per heavy atom. The molecule has 0 aromatic heterocycles. The molecule has 0 saturated heterocycles. The first-order valence-corrected chi connectivity index (χ1v) is 17.6. The zero-order chi connectivity index (χ0) is 38.0. The van der Waals surface area contributed by atoms with Crippen LogP contribution in [0.25, 0.3) is 0 Å². The summed E-state index contributed by atoms with van der Waals surface area (Å²) in [5.41, 5.74) is 0. The molecule has 296 valence electrons. The number of nitrogens with one attached hydrogen (secondary N) is 3. The van der Waals surface area contributed by atoms with Gasteiger partial charge in [0.25, 0.3) is 0 Å². The van der Waals surface area contributed by atoms with E-state index >= 15 is 0 Å². The molecule has 0 bridgehead atoms. The molecule has 0 aliphatic heterocycles. The molecule has 0 fully saturated rings. The normalized spacial score (nSPS) is 10.7. The van der Waals surface area contributed by atoms with Crippen LogP contribution in [-0.2, 0) is 57.0 Å². The summed E-state index contributed by atoms with van der Waals surface area (Å²) in [5, 5.41) is 8.34. The standard InChI is InChI=1S/C36H60N4O12/c1-4-16-44-28-31-50-22-10-37-34(41)7-19-47-25-13-40(14-26-48-20-8-35(42)38-11-23-51-32-29-45-17-5-2)15-27-49-21-9-36(43)39-12-24-52-33-30-46-18-6-3/h1-3H,7-33H2,(H,37,41)(H,38,42)(H,39,43). The lowest BCUT2D eigenvalue weighted by Crippen LogP contribution is -2.35. The highest BCUT2D eigenvalue weighted by molar-refractivity contribution is 5.76. The molecule has 0 radical (unpaired) electrons. The van der Waals surface area contributed by atoms with Crippen LogP contribution < -0.4 is 16.0 Å². The lowest BCUT2D eigenvalue weighted by atomic mass is 10.4. The van der Waals surface area contributed by atoms with Crippen molar-refractivity contribution in [2.45, 2.75) is 19.3 Å². The molecule has 0 spiro atoms. The van der Waals surface area contributed by atoms with E-state index < -0.39 is 0 Å². The summed E-state index contributed by atoms with van der Waals surface area (Å²) < 4.78 is 48.5. The fourth-order valence-electron chi connectivity index (χ4n) is 3.82. The first-order chi connectivity index (χ1) is 25.5. The highest BCUT2D eigenvalue weighted by atomic mass is 16.5. The van der Waals surface area contributed by atoms with Crippen LogP contribution in [0.4, 0.5) is 0 Å². The zero-order valence-corrected chi connectivity index (χ0v) is 30.7. The molecule has 0 atom stereocenters. The van der Waals surface area contributed by atoms with Gasteiger partial charge >= 0.3 is 0 Å². The molecule has 3 N–H and O–H groups in total. The molecule has 0 aromatic carbocycles. The van der Waals surface area contributed by atoms with Gasteiger partial charge < -0.3 is 58.6 Å². The Morgan fingerprint density at radius 1 is 0.385 bits per heavy atom. The van der Waals surface area contributed by atoms with Gasteiger partial charge in [-0.2, -0.15) is 0 Å². The van der Waals surface area contributed by atoms with Crippen molar-refractivity contribution in [3.05, 3.63) is 0 Å². The van der Waals surface area contributed by atoms with E-state index in [1.165, 1.54) is 0 Å². The summed E-state index contributed by atoms with van der Waals surface area (Å²) in [5.74, 6) is 6.74. The number of nitrogens with zero attached hydrogens (tertiary/aromatic N) is 1. The van der Waals surface area contributed by atoms with Gasteiger partial charge in [-0.1, -0.05) is 17.8 Å². The fraction of sp³-hybridized carbons (Fsp3) is 0.750. The molecule has 0 saturated carbocycles. The summed E-state index contributed by atoms with van der Waals surface area (Å²) in [6, 6.07) is 0. The van der Waals surface area contributed by atoms with Crippen molar-refractivity contribution >= 4 is 17.7 Å². The van der Waals surface area contributed by atoms with Crippen molar-refractivity contribution in [3.63, 3.8) is 0 Å². The van der Waals surface area contributed by atoms with E-state index in [4.69, 9.17) is 61.9 Å². The molecule has 0 aliphatic rings. The van der Waals surface area contributed by atoms with Gasteiger partial charge in [-0.15, -0.1) is 19.3 Å². The minimum Gasteiger partial charge on any atom is -0.380 e. The summed E-state index contributed by atoms with van der Waals surface area (Å²) in [6.45, 7) is 9.19. The quantitative estimate of drug-likeness (QED) is 0.0511. The van der Waals surface area contributed by atoms with E-state index in [-0.39, 0.29) is 76.6 Å². The molecule has 52 heavy (non-hydrogen) atoms. The third-order valence-corrected chi connectivity index (χ3v) is 6.45. The second-order valence-electron chi connectivity index (χ2n) is 10.6. The van der Waals surface area contributed by atoms with Gasteiger partial charge in [0.05, 0.1) is 99.1 Å². The molecule has 16 heteroatoms. The van der Waals surface area contributed by atoms with Crippen LogP contribution in [-0.4, -0.2) is 181 Å². The van der Waals surface area contributed by atoms with Crippen LogP contribution in [0.3, 0.4) is 0 Å².